The summed E-state index contributed by atoms with van der Waals surface area (Å²) in [6.07, 6.45) is 1.78. The molecule has 2 aromatic rings. The third kappa shape index (κ3) is 2.39. The SMILES string of the molecule is Cc1cc(O)ccc1C(=O)NC1Cc2ccccc2C1. The zero-order chi connectivity index (χ0) is 14.1. The molecule has 1 amide bonds. The van der Waals surface area contributed by atoms with Gasteiger partial charge in [0.1, 0.15) is 5.75 Å². The van der Waals surface area contributed by atoms with Gasteiger partial charge in [-0.3, -0.25) is 4.79 Å². The number of amides is 1. The summed E-state index contributed by atoms with van der Waals surface area (Å²) in [5.74, 6) is 0.118. The highest BCUT2D eigenvalue weighted by Gasteiger charge is 2.23. The number of nitrogens with one attached hydrogen (secondary N) is 1. The van der Waals surface area contributed by atoms with Crippen molar-refractivity contribution in [2.24, 2.45) is 0 Å². The second-order valence-electron chi connectivity index (χ2n) is 5.35. The first-order valence-electron chi connectivity index (χ1n) is 6.81. The first-order valence-corrected chi connectivity index (χ1v) is 6.81. The lowest BCUT2D eigenvalue weighted by atomic mass is 10.1. The number of rotatable bonds is 2. The molecule has 0 spiro atoms. The van der Waals surface area contributed by atoms with Crippen LogP contribution in [0.2, 0.25) is 0 Å². The number of hydrogen-bond acceptors (Lipinski definition) is 2. The first kappa shape index (κ1) is 12.7. The summed E-state index contributed by atoms with van der Waals surface area (Å²) in [6, 6.07) is 13.3. The number of phenols is 1. The average Bonchev–Trinajstić information content (AvgIpc) is 2.80. The largest absolute Gasteiger partial charge is 0.508 e. The summed E-state index contributed by atoms with van der Waals surface area (Å²) in [7, 11) is 0. The van der Waals surface area contributed by atoms with Crippen LogP contribution >= 0.6 is 0 Å². The van der Waals surface area contributed by atoms with Gasteiger partial charge in [0.05, 0.1) is 0 Å². The highest BCUT2D eigenvalue weighted by Crippen LogP contribution is 2.22. The van der Waals surface area contributed by atoms with Crippen molar-refractivity contribution in [1.82, 2.24) is 5.32 Å². The van der Waals surface area contributed by atoms with Crippen molar-refractivity contribution in [2.75, 3.05) is 0 Å². The molecule has 1 aliphatic rings. The number of aryl methyl sites for hydroxylation is 1. The fraction of sp³-hybridized carbons (Fsp3) is 0.235. The van der Waals surface area contributed by atoms with Crippen molar-refractivity contribution < 1.29 is 9.90 Å². The fourth-order valence-corrected chi connectivity index (χ4v) is 2.83. The van der Waals surface area contributed by atoms with Crippen LogP contribution in [0.5, 0.6) is 5.75 Å². The highest BCUT2D eigenvalue weighted by molar-refractivity contribution is 5.96. The smallest absolute Gasteiger partial charge is 0.251 e. The van der Waals surface area contributed by atoms with E-state index in [2.05, 4.69) is 17.4 Å². The van der Waals surface area contributed by atoms with Crippen LogP contribution in [0.4, 0.5) is 0 Å². The quantitative estimate of drug-likeness (QED) is 0.878. The van der Waals surface area contributed by atoms with Crippen molar-refractivity contribution in [3.05, 3.63) is 64.7 Å². The third-order valence-electron chi connectivity index (χ3n) is 3.84. The van der Waals surface area contributed by atoms with Gasteiger partial charge in [-0.05, 0) is 54.7 Å². The molecule has 0 aliphatic heterocycles. The van der Waals surface area contributed by atoms with Gasteiger partial charge in [-0.1, -0.05) is 24.3 Å². The van der Waals surface area contributed by atoms with Gasteiger partial charge in [-0.2, -0.15) is 0 Å². The molecule has 0 aromatic heterocycles. The van der Waals surface area contributed by atoms with E-state index in [1.54, 1.807) is 18.2 Å². The molecule has 0 atom stereocenters. The molecular weight excluding hydrogens is 250 g/mol. The Morgan fingerprint density at radius 1 is 1.15 bits per heavy atom. The molecule has 0 radical (unpaired) electrons. The lowest BCUT2D eigenvalue weighted by molar-refractivity contribution is 0.0938. The third-order valence-corrected chi connectivity index (χ3v) is 3.84. The van der Waals surface area contributed by atoms with E-state index in [9.17, 15) is 9.90 Å². The Morgan fingerprint density at radius 2 is 1.80 bits per heavy atom. The number of carbonyl (C=O) groups excluding carboxylic acids is 1. The summed E-state index contributed by atoms with van der Waals surface area (Å²) >= 11 is 0. The fourth-order valence-electron chi connectivity index (χ4n) is 2.83. The van der Waals surface area contributed by atoms with Crippen molar-refractivity contribution in [3.8, 4) is 5.75 Å². The maximum absolute atomic E-state index is 12.3. The Balaban J connectivity index is 1.72. The van der Waals surface area contributed by atoms with E-state index in [1.807, 2.05) is 19.1 Å². The monoisotopic (exact) mass is 267 g/mol. The van der Waals surface area contributed by atoms with Crippen LogP contribution in [-0.2, 0) is 12.8 Å². The maximum atomic E-state index is 12.3. The van der Waals surface area contributed by atoms with E-state index >= 15 is 0 Å². The van der Waals surface area contributed by atoms with Gasteiger partial charge in [0, 0.05) is 11.6 Å². The normalized spacial score (nSPS) is 14.1. The number of benzene rings is 2. The predicted molar refractivity (Wildman–Crippen MR) is 77.9 cm³/mol. The summed E-state index contributed by atoms with van der Waals surface area (Å²) in [6.45, 7) is 1.83. The Bertz CT molecular complexity index is 639. The van der Waals surface area contributed by atoms with Crippen LogP contribution in [-0.4, -0.2) is 17.1 Å². The molecule has 3 heteroatoms. The zero-order valence-electron chi connectivity index (χ0n) is 11.4. The molecule has 0 unspecified atom stereocenters. The van der Waals surface area contributed by atoms with Crippen molar-refractivity contribution >= 4 is 5.91 Å². The van der Waals surface area contributed by atoms with Crippen LogP contribution in [0.1, 0.15) is 27.0 Å². The van der Waals surface area contributed by atoms with Crippen LogP contribution in [0.3, 0.4) is 0 Å². The zero-order valence-corrected chi connectivity index (χ0v) is 11.4. The lowest BCUT2D eigenvalue weighted by Gasteiger charge is -2.13. The predicted octanol–water partition coefficient (Wildman–Crippen LogP) is 2.60. The molecule has 0 saturated carbocycles. The standard InChI is InChI=1S/C17H17NO2/c1-11-8-15(19)6-7-16(11)17(20)18-14-9-12-4-2-3-5-13(12)10-14/h2-8,14,19H,9-10H2,1H3,(H,18,20). The molecule has 1 aliphatic carbocycles. The Labute approximate surface area is 118 Å². The minimum atomic E-state index is -0.0692. The number of aromatic hydroxyl groups is 1. The molecule has 102 valence electrons. The minimum absolute atomic E-state index is 0.0692. The average molecular weight is 267 g/mol. The van der Waals surface area contributed by atoms with E-state index in [0.717, 1.165) is 18.4 Å². The summed E-state index contributed by atoms with van der Waals surface area (Å²) < 4.78 is 0. The van der Waals surface area contributed by atoms with Crippen LogP contribution < -0.4 is 5.32 Å². The molecule has 0 bridgehead atoms. The maximum Gasteiger partial charge on any atom is 0.251 e. The van der Waals surface area contributed by atoms with E-state index in [4.69, 9.17) is 0 Å². The molecule has 3 nitrogen and oxygen atoms in total. The molecule has 0 heterocycles. The van der Waals surface area contributed by atoms with Crippen LogP contribution in [0.15, 0.2) is 42.5 Å². The van der Waals surface area contributed by atoms with E-state index in [0.29, 0.717) is 5.56 Å². The van der Waals surface area contributed by atoms with Gasteiger partial charge in [0.25, 0.3) is 5.91 Å². The van der Waals surface area contributed by atoms with Gasteiger partial charge < -0.3 is 10.4 Å². The molecule has 2 aromatic carbocycles. The molecule has 2 N–H and O–H groups in total. The van der Waals surface area contributed by atoms with E-state index < -0.39 is 0 Å². The van der Waals surface area contributed by atoms with Crippen LogP contribution in [0.25, 0.3) is 0 Å². The van der Waals surface area contributed by atoms with E-state index in [-0.39, 0.29) is 17.7 Å². The minimum Gasteiger partial charge on any atom is -0.508 e. The second kappa shape index (κ2) is 5.00. The van der Waals surface area contributed by atoms with Crippen LogP contribution in [0, 0.1) is 6.92 Å². The summed E-state index contributed by atoms with van der Waals surface area (Å²) in [4.78, 5) is 12.3. The molecular formula is C17H17NO2. The number of hydrogen-bond donors (Lipinski definition) is 2. The summed E-state index contributed by atoms with van der Waals surface area (Å²) in [5, 5.41) is 12.5. The highest BCUT2D eigenvalue weighted by atomic mass is 16.3. The van der Waals surface area contributed by atoms with Crippen molar-refractivity contribution in [2.45, 2.75) is 25.8 Å². The Morgan fingerprint density at radius 3 is 2.40 bits per heavy atom. The lowest BCUT2D eigenvalue weighted by Crippen LogP contribution is -2.35. The molecule has 0 fully saturated rings. The molecule has 20 heavy (non-hydrogen) atoms. The van der Waals surface area contributed by atoms with Crippen molar-refractivity contribution in [3.63, 3.8) is 0 Å². The van der Waals surface area contributed by atoms with E-state index in [1.165, 1.54) is 11.1 Å². The Hall–Kier alpha value is -2.29. The van der Waals surface area contributed by atoms with Gasteiger partial charge in [-0.15, -0.1) is 0 Å². The Kier molecular flexibility index (Phi) is 3.18. The number of carbonyl (C=O) groups is 1. The summed E-state index contributed by atoms with van der Waals surface area (Å²) in [5.41, 5.74) is 4.05. The molecule has 3 rings (SSSR count). The van der Waals surface area contributed by atoms with Gasteiger partial charge in [-0.25, -0.2) is 0 Å². The first-order chi connectivity index (χ1) is 9.63. The van der Waals surface area contributed by atoms with Gasteiger partial charge in [0.15, 0.2) is 0 Å². The topological polar surface area (TPSA) is 49.3 Å². The second-order valence-corrected chi connectivity index (χ2v) is 5.35. The van der Waals surface area contributed by atoms with Crippen molar-refractivity contribution in [1.29, 1.82) is 0 Å². The van der Waals surface area contributed by atoms with Gasteiger partial charge in [0.2, 0.25) is 0 Å². The number of phenolic OH excluding ortho intramolecular Hbond substituents is 1. The number of fused-ring (bicyclic) bond motifs is 1. The molecule has 0 saturated heterocycles. The van der Waals surface area contributed by atoms with Gasteiger partial charge >= 0.3 is 0 Å².